The molecule has 3 aromatic rings. The first-order valence-corrected chi connectivity index (χ1v) is 10.1. The highest BCUT2D eigenvalue weighted by Crippen LogP contribution is 2.35. The number of hydrogen-bond acceptors (Lipinski definition) is 3. The largest absolute Gasteiger partial charge is 0.488 e. The van der Waals surface area contributed by atoms with E-state index in [1.807, 2.05) is 0 Å². The lowest BCUT2D eigenvalue weighted by atomic mass is 10.1. The van der Waals surface area contributed by atoms with Gasteiger partial charge in [-0.25, -0.2) is 9.18 Å². The summed E-state index contributed by atoms with van der Waals surface area (Å²) in [6.07, 6.45) is 0.00451. The highest BCUT2D eigenvalue weighted by atomic mass is 35.5. The summed E-state index contributed by atoms with van der Waals surface area (Å²) in [5.41, 5.74) is 2.07. The quantitative estimate of drug-likeness (QED) is 0.528. The van der Waals surface area contributed by atoms with E-state index >= 15 is 0 Å². The number of amides is 1. The number of carbonyl (C=O) groups excluding carboxylic acids is 1. The van der Waals surface area contributed by atoms with E-state index < -0.39 is 11.8 Å². The molecule has 0 fully saturated rings. The summed E-state index contributed by atoms with van der Waals surface area (Å²) in [5, 5.41) is 10.1. The summed E-state index contributed by atoms with van der Waals surface area (Å²) in [4.78, 5) is 25.7. The zero-order chi connectivity index (χ0) is 22.1. The molecule has 0 bridgehead atoms. The van der Waals surface area contributed by atoms with Crippen LogP contribution in [0.4, 0.5) is 10.1 Å². The number of rotatable bonds is 6. The van der Waals surface area contributed by atoms with Gasteiger partial charge in [0.05, 0.1) is 18.5 Å². The number of benzene rings is 3. The minimum Gasteiger partial charge on any atom is -0.488 e. The molecule has 0 saturated carbocycles. The van der Waals surface area contributed by atoms with Crippen LogP contribution in [0, 0.1) is 5.82 Å². The van der Waals surface area contributed by atoms with Gasteiger partial charge in [0.15, 0.2) is 0 Å². The smallest absolute Gasteiger partial charge is 0.336 e. The lowest BCUT2D eigenvalue weighted by Gasteiger charge is -2.20. The molecular weight excluding hydrogens is 444 g/mol. The van der Waals surface area contributed by atoms with Crippen molar-refractivity contribution < 1.29 is 23.8 Å². The topological polar surface area (TPSA) is 66.8 Å². The second-order valence-electron chi connectivity index (χ2n) is 7.04. The van der Waals surface area contributed by atoms with Crippen LogP contribution in [0.2, 0.25) is 10.0 Å². The molecule has 0 spiro atoms. The Labute approximate surface area is 187 Å². The lowest BCUT2D eigenvalue weighted by molar-refractivity contribution is -0.117. The van der Waals surface area contributed by atoms with E-state index in [1.54, 1.807) is 42.5 Å². The monoisotopic (exact) mass is 459 g/mol. The van der Waals surface area contributed by atoms with Crippen LogP contribution in [0.1, 0.15) is 27.0 Å². The summed E-state index contributed by atoms with van der Waals surface area (Å²) in [6, 6.07) is 14.1. The van der Waals surface area contributed by atoms with E-state index in [-0.39, 0.29) is 31.0 Å². The average molecular weight is 460 g/mol. The molecule has 4 rings (SSSR count). The number of ether oxygens (including phenoxy) is 1. The van der Waals surface area contributed by atoms with Crippen molar-refractivity contribution in [2.24, 2.45) is 0 Å². The molecule has 5 nitrogen and oxygen atoms in total. The summed E-state index contributed by atoms with van der Waals surface area (Å²) in [7, 11) is 0. The Bertz CT molecular complexity index is 1200. The highest BCUT2D eigenvalue weighted by molar-refractivity contribution is 6.31. The van der Waals surface area contributed by atoms with Crippen molar-refractivity contribution in [2.45, 2.75) is 19.6 Å². The van der Waals surface area contributed by atoms with Gasteiger partial charge in [0.1, 0.15) is 18.2 Å². The molecule has 1 aliphatic heterocycles. The average Bonchev–Trinajstić information content (AvgIpc) is 3.03. The first kappa shape index (κ1) is 21.2. The van der Waals surface area contributed by atoms with Crippen molar-refractivity contribution in [2.75, 3.05) is 4.90 Å². The Morgan fingerprint density at radius 1 is 1.06 bits per heavy atom. The van der Waals surface area contributed by atoms with Gasteiger partial charge in [0.2, 0.25) is 5.91 Å². The van der Waals surface area contributed by atoms with Gasteiger partial charge in [0.25, 0.3) is 0 Å². The second-order valence-corrected chi connectivity index (χ2v) is 7.91. The molecule has 0 aliphatic carbocycles. The predicted octanol–water partition coefficient (Wildman–Crippen LogP) is 5.50. The molecule has 158 valence electrons. The molecule has 0 atom stereocenters. The van der Waals surface area contributed by atoms with Crippen LogP contribution >= 0.6 is 23.2 Å². The van der Waals surface area contributed by atoms with Crippen LogP contribution in [0.3, 0.4) is 0 Å². The summed E-state index contributed by atoms with van der Waals surface area (Å²) in [6.45, 7) is 0.0965. The highest BCUT2D eigenvalue weighted by Gasteiger charge is 2.31. The third-order valence-corrected chi connectivity index (χ3v) is 5.52. The molecule has 0 aromatic heterocycles. The summed E-state index contributed by atoms with van der Waals surface area (Å²) < 4.78 is 19.9. The van der Waals surface area contributed by atoms with E-state index in [1.165, 1.54) is 17.0 Å². The van der Waals surface area contributed by atoms with Crippen LogP contribution in [0.5, 0.6) is 5.75 Å². The number of carbonyl (C=O) groups is 2. The van der Waals surface area contributed by atoms with Crippen LogP contribution in [0.25, 0.3) is 0 Å². The van der Waals surface area contributed by atoms with Crippen LogP contribution in [-0.4, -0.2) is 17.0 Å². The van der Waals surface area contributed by atoms with Gasteiger partial charge in [0, 0.05) is 26.9 Å². The first-order valence-electron chi connectivity index (χ1n) is 9.34. The third kappa shape index (κ3) is 4.36. The minimum absolute atomic E-state index is 0.00451. The SMILES string of the molecule is O=C(O)c1cccc2c1CC(=O)N2Cc1cc(Cl)ccc1OCc1ccc(Cl)cc1F. The second kappa shape index (κ2) is 8.57. The number of halogens is 3. The number of carboxylic acids is 1. The van der Waals surface area contributed by atoms with Gasteiger partial charge in [-0.2, -0.15) is 0 Å². The summed E-state index contributed by atoms with van der Waals surface area (Å²) in [5.74, 6) is -1.34. The molecule has 1 heterocycles. The normalized spacial score (nSPS) is 12.7. The predicted molar refractivity (Wildman–Crippen MR) is 115 cm³/mol. The van der Waals surface area contributed by atoms with Gasteiger partial charge in [-0.1, -0.05) is 35.3 Å². The van der Waals surface area contributed by atoms with Crippen molar-refractivity contribution >= 4 is 40.8 Å². The maximum atomic E-state index is 14.1. The van der Waals surface area contributed by atoms with Crippen molar-refractivity contribution in [3.05, 3.63) is 92.7 Å². The van der Waals surface area contributed by atoms with Gasteiger partial charge in [-0.05, 0) is 48.0 Å². The molecule has 0 saturated heterocycles. The summed E-state index contributed by atoms with van der Waals surface area (Å²) >= 11 is 11.9. The van der Waals surface area contributed by atoms with Crippen molar-refractivity contribution in [1.29, 1.82) is 0 Å². The van der Waals surface area contributed by atoms with E-state index in [2.05, 4.69) is 0 Å². The van der Waals surface area contributed by atoms with E-state index in [0.29, 0.717) is 38.2 Å². The maximum absolute atomic E-state index is 14.1. The Kier molecular flexibility index (Phi) is 5.85. The molecule has 8 heteroatoms. The molecule has 31 heavy (non-hydrogen) atoms. The lowest BCUT2D eigenvalue weighted by Crippen LogP contribution is -2.26. The number of carboxylic acid groups (broad SMARTS) is 1. The van der Waals surface area contributed by atoms with Crippen LogP contribution in [0.15, 0.2) is 54.6 Å². The first-order chi connectivity index (χ1) is 14.8. The van der Waals surface area contributed by atoms with Crippen molar-refractivity contribution in [3.63, 3.8) is 0 Å². The molecule has 0 radical (unpaired) electrons. The van der Waals surface area contributed by atoms with Gasteiger partial charge in [-0.3, -0.25) is 4.79 Å². The molecule has 1 N–H and O–H groups in total. The Balaban J connectivity index is 1.61. The van der Waals surface area contributed by atoms with Crippen LogP contribution < -0.4 is 9.64 Å². The molecular formula is C23H16Cl2FNO4. The Morgan fingerprint density at radius 3 is 2.55 bits per heavy atom. The number of hydrogen-bond donors (Lipinski definition) is 1. The fraction of sp³-hybridized carbons (Fsp3) is 0.130. The van der Waals surface area contributed by atoms with E-state index in [9.17, 15) is 19.1 Å². The number of fused-ring (bicyclic) bond motifs is 1. The molecule has 3 aromatic carbocycles. The standard InChI is InChI=1S/C23H16Cl2FNO4/c24-15-6-7-21(31-12-13-4-5-16(25)9-19(13)26)14(8-15)11-27-20-3-1-2-17(23(29)30)18(20)10-22(27)28/h1-9H,10-12H2,(H,29,30). The molecule has 1 aliphatic rings. The molecule has 0 unspecified atom stereocenters. The van der Waals surface area contributed by atoms with Crippen molar-refractivity contribution in [3.8, 4) is 5.75 Å². The van der Waals surface area contributed by atoms with Gasteiger partial charge in [-0.15, -0.1) is 0 Å². The Morgan fingerprint density at radius 2 is 1.81 bits per heavy atom. The maximum Gasteiger partial charge on any atom is 0.336 e. The zero-order valence-corrected chi connectivity index (χ0v) is 17.6. The van der Waals surface area contributed by atoms with E-state index in [0.717, 1.165) is 0 Å². The zero-order valence-electron chi connectivity index (χ0n) is 16.1. The molecule has 1 amide bonds. The fourth-order valence-corrected chi connectivity index (χ4v) is 3.90. The van der Waals surface area contributed by atoms with Gasteiger partial charge >= 0.3 is 5.97 Å². The van der Waals surface area contributed by atoms with Crippen molar-refractivity contribution in [1.82, 2.24) is 0 Å². The fourth-order valence-electron chi connectivity index (χ4n) is 3.55. The van der Waals surface area contributed by atoms with Crippen LogP contribution in [-0.2, 0) is 24.4 Å². The number of anilines is 1. The van der Waals surface area contributed by atoms with Gasteiger partial charge < -0.3 is 14.7 Å². The third-order valence-electron chi connectivity index (χ3n) is 5.05. The minimum atomic E-state index is -1.08. The Hall–Kier alpha value is -3.09. The number of nitrogens with zero attached hydrogens (tertiary/aromatic N) is 1. The number of aromatic carboxylic acids is 1. The van der Waals surface area contributed by atoms with E-state index in [4.69, 9.17) is 27.9 Å².